The Morgan fingerprint density at radius 1 is 1.14 bits per heavy atom. The number of aryl methyl sites for hydroxylation is 2. The van der Waals surface area contributed by atoms with Crippen LogP contribution in [0.3, 0.4) is 0 Å². The summed E-state index contributed by atoms with van der Waals surface area (Å²) in [6.07, 6.45) is 0. The second kappa shape index (κ2) is 5.54. The number of ketones is 1. The van der Waals surface area contributed by atoms with E-state index in [0.29, 0.717) is 0 Å². The minimum Gasteiger partial charge on any atom is -0.356 e. The SMILES string of the molecule is CC(=O)c1c(C)[nH]c(-c2csc(-c3ccc(C)cc3)n2)c1C. The fourth-order valence-corrected chi connectivity index (χ4v) is 3.57. The number of nitrogens with one attached hydrogen (secondary N) is 1. The predicted molar refractivity (Wildman–Crippen MR) is 91.6 cm³/mol. The third-order valence-corrected chi connectivity index (χ3v) is 4.74. The highest BCUT2D eigenvalue weighted by molar-refractivity contribution is 7.13. The first kappa shape index (κ1) is 14.7. The molecule has 3 nitrogen and oxygen atoms in total. The molecule has 4 heteroatoms. The van der Waals surface area contributed by atoms with Crippen LogP contribution in [0.4, 0.5) is 0 Å². The van der Waals surface area contributed by atoms with Gasteiger partial charge in [0.25, 0.3) is 0 Å². The molecule has 0 aliphatic carbocycles. The quantitative estimate of drug-likeness (QED) is 0.697. The third-order valence-electron chi connectivity index (χ3n) is 3.85. The van der Waals surface area contributed by atoms with Crippen LogP contribution in [0.2, 0.25) is 0 Å². The second-order valence-electron chi connectivity index (χ2n) is 5.59. The van der Waals surface area contributed by atoms with Crippen molar-refractivity contribution in [1.29, 1.82) is 0 Å². The average molecular weight is 310 g/mol. The lowest BCUT2D eigenvalue weighted by molar-refractivity contribution is 0.101. The van der Waals surface area contributed by atoms with Crippen molar-refractivity contribution in [3.8, 4) is 22.0 Å². The average Bonchev–Trinajstić information content (AvgIpc) is 3.04. The fraction of sp³-hybridized carbons (Fsp3) is 0.222. The summed E-state index contributed by atoms with van der Waals surface area (Å²) >= 11 is 1.62. The maximum absolute atomic E-state index is 11.8. The molecular formula is C18H18N2OS. The zero-order valence-electron chi connectivity index (χ0n) is 13.2. The summed E-state index contributed by atoms with van der Waals surface area (Å²) in [5.41, 5.74) is 6.86. The van der Waals surface area contributed by atoms with Crippen molar-refractivity contribution in [2.24, 2.45) is 0 Å². The summed E-state index contributed by atoms with van der Waals surface area (Å²) < 4.78 is 0. The van der Waals surface area contributed by atoms with E-state index in [0.717, 1.165) is 38.8 Å². The van der Waals surface area contributed by atoms with Crippen molar-refractivity contribution in [2.45, 2.75) is 27.7 Å². The van der Waals surface area contributed by atoms with Crippen molar-refractivity contribution >= 4 is 17.1 Å². The topological polar surface area (TPSA) is 45.8 Å². The number of thiazole rings is 1. The van der Waals surface area contributed by atoms with E-state index >= 15 is 0 Å². The van der Waals surface area contributed by atoms with Crippen LogP contribution in [-0.4, -0.2) is 15.8 Å². The Kier molecular flexibility index (Phi) is 3.71. The van der Waals surface area contributed by atoms with E-state index in [1.807, 2.05) is 19.2 Å². The van der Waals surface area contributed by atoms with Gasteiger partial charge in [0.2, 0.25) is 0 Å². The molecule has 0 aliphatic heterocycles. The van der Waals surface area contributed by atoms with Crippen molar-refractivity contribution in [2.75, 3.05) is 0 Å². The van der Waals surface area contributed by atoms with Crippen molar-refractivity contribution in [1.82, 2.24) is 9.97 Å². The largest absolute Gasteiger partial charge is 0.356 e. The molecule has 112 valence electrons. The number of benzene rings is 1. The number of H-pyrrole nitrogens is 1. The highest BCUT2D eigenvalue weighted by Crippen LogP contribution is 2.32. The molecule has 0 fully saturated rings. The van der Waals surface area contributed by atoms with Gasteiger partial charge >= 0.3 is 0 Å². The van der Waals surface area contributed by atoms with E-state index in [9.17, 15) is 4.79 Å². The minimum atomic E-state index is 0.0893. The Morgan fingerprint density at radius 3 is 2.41 bits per heavy atom. The van der Waals surface area contributed by atoms with E-state index in [1.54, 1.807) is 18.3 Å². The molecule has 0 atom stereocenters. The molecule has 22 heavy (non-hydrogen) atoms. The van der Waals surface area contributed by atoms with Crippen LogP contribution >= 0.6 is 11.3 Å². The number of hydrogen-bond acceptors (Lipinski definition) is 3. The monoisotopic (exact) mass is 310 g/mol. The number of nitrogens with zero attached hydrogens (tertiary/aromatic N) is 1. The summed E-state index contributed by atoms with van der Waals surface area (Å²) in [6, 6.07) is 8.36. The Bertz CT molecular complexity index is 841. The minimum absolute atomic E-state index is 0.0893. The lowest BCUT2D eigenvalue weighted by Gasteiger charge is -1.98. The molecule has 0 unspecified atom stereocenters. The summed E-state index contributed by atoms with van der Waals surface area (Å²) in [4.78, 5) is 19.8. The van der Waals surface area contributed by atoms with Gasteiger partial charge < -0.3 is 4.98 Å². The standard InChI is InChI=1S/C18H18N2OS/c1-10-5-7-14(8-6-10)18-20-15(9-22-18)17-11(2)16(13(4)21)12(3)19-17/h5-9,19H,1-4H3. The summed E-state index contributed by atoms with van der Waals surface area (Å²) in [5.74, 6) is 0.0893. The van der Waals surface area contributed by atoms with Crippen LogP contribution in [0.1, 0.15) is 34.1 Å². The molecule has 0 amide bonds. The molecule has 0 saturated carbocycles. The first-order valence-corrected chi connectivity index (χ1v) is 8.08. The molecule has 0 aliphatic rings. The van der Waals surface area contributed by atoms with Gasteiger partial charge in [0.15, 0.2) is 5.78 Å². The van der Waals surface area contributed by atoms with Gasteiger partial charge in [-0.2, -0.15) is 0 Å². The number of rotatable bonds is 3. The van der Waals surface area contributed by atoms with E-state index in [-0.39, 0.29) is 5.78 Å². The summed E-state index contributed by atoms with van der Waals surface area (Å²) in [6.45, 7) is 7.58. The molecule has 1 aromatic carbocycles. The molecule has 3 rings (SSSR count). The highest BCUT2D eigenvalue weighted by Gasteiger charge is 2.18. The molecule has 2 heterocycles. The first-order valence-electron chi connectivity index (χ1n) is 7.20. The van der Waals surface area contributed by atoms with Crippen molar-refractivity contribution in [3.05, 3.63) is 52.0 Å². The van der Waals surface area contributed by atoms with Crippen LogP contribution in [0.5, 0.6) is 0 Å². The third kappa shape index (κ3) is 2.50. The maximum atomic E-state index is 11.8. The maximum Gasteiger partial charge on any atom is 0.161 e. The smallest absolute Gasteiger partial charge is 0.161 e. The Hall–Kier alpha value is -2.20. The van der Waals surface area contributed by atoms with Crippen LogP contribution in [-0.2, 0) is 0 Å². The number of Topliss-reactive ketones (excluding diaryl/α,β-unsaturated/α-hetero) is 1. The number of aromatic nitrogens is 2. The van der Waals surface area contributed by atoms with Gasteiger partial charge in [0, 0.05) is 22.2 Å². The highest BCUT2D eigenvalue weighted by atomic mass is 32.1. The van der Waals surface area contributed by atoms with Crippen molar-refractivity contribution in [3.63, 3.8) is 0 Å². The number of carbonyl (C=O) groups is 1. The lowest BCUT2D eigenvalue weighted by Crippen LogP contribution is -1.94. The number of aromatic amines is 1. The molecule has 0 bridgehead atoms. The Labute approximate surface area is 134 Å². The summed E-state index contributed by atoms with van der Waals surface area (Å²) in [7, 11) is 0. The van der Waals surface area contributed by atoms with Crippen molar-refractivity contribution < 1.29 is 4.79 Å². The van der Waals surface area contributed by atoms with E-state index < -0.39 is 0 Å². The molecule has 1 N–H and O–H groups in total. The van der Waals surface area contributed by atoms with Crippen LogP contribution in [0.25, 0.3) is 22.0 Å². The molecule has 0 saturated heterocycles. The summed E-state index contributed by atoms with van der Waals surface area (Å²) in [5, 5.41) is 3.03. The fourth-order valence-electron chi connectivity index (χ4n) is 2.75. The van der Waals surface area contributed by atoms with Crippen LogP contribution < -0.4 is 0 Å². The van der Waals surface area contributed by atoms with Gasteiger partial charge in [-0.05, 0) is 33.3 Å². The van der Waals surface area contributed by atoms with E-state index in [2.05, 4.69) is 36.2 Å². The van der Waals surface area contributed by atoms with Gasteiger partial charge in [0.1, 0.15) is 5.01 Å². The molecule has 0 radical (unpaired) electrons. The predicted octanol–water partition coefficient (Wildman–Crippen LogP) is 4.93. The lowest BCUT2D eigenvalue weighted by atomic mass is 10.1. The molecule has 2 aromatic heterocycles. The van der Waals surface area contributed by atoms with Gasteiger partial charge in [-0.15, -0.1) is 11.3 Å². The van der Waals surface area contributed by atoms with Crippen LogP contribution in [0, 0.1) is 20.8 Å². The van der Waals surface area contributed by atoms with E-state index in [1.165, 1.54) is 5.56 Å². The van der Waals surface area contributed by atoms with E-state index in [4.69, 9.17) is 4.98 Å². The van der Waals surface area contributed by atoms with Gasteiger partial charge in [-0.3, -0.25) is 4.79 Å². The van der Waals surface area contributed by atoms with Crippen LogP contribution in [0.15, 0.2) is 29.6 Å². The van der Waals surface area contributed by atoms with Gasteiger partial charge in [0.05, 0.1) is 11.4 Å². The zero-order chi connectivity index (χ0) is 15.9. The molecule has 0 spiro atoms. The number of hydrogen-bond donors (Lipinski definition) is 1. The van der Waals surface area contributed by atoms with Gasteiger partial charge in [-0.1, -0.05) is 29.8 Å². The van der Waals surface area contributed by atoms with Gasteiger partial charge in [-0.25, -0.2) is 4.98 Å². The number of carbonyl (C=O) groups excluding carboxylic acids is 1. The normalized spacial score (nSPS) is 10.9. The molecular weight excluding hydrogens is 292 g/mol. The Morgan fingerprint density at radius 2 is 1.82 bits per heavy atom. The zero-order valence-corrected chi connectivity index (χ0v) is 14.0. The second-order valence-corrected chi connectivity index (χ2v) is 6.44. The molecule has 3 aromatic rings. The first-order chi connectivity index (χ1) is 10.5. The Balaban J connectivity index is 2.03.